The summed E-state index contributed by atoms with van der Waals surface area (Å²) in [6, 6.07) is 12.3. The van der Waals surface area contributed by atoms with Crippen LogP contribution in [-0.4, -0.2) is 13.1 Å². The Kier molecular flexibility index (Phi) is 4.81. The van der Waals surface area contributed by atoms with Gasteiger partial charge in [-0.3, -0.25) is 0 Å². The largest absolute Gasteiger partial charge is 0.496 e. The smallest absolute Gasteiger partial charge is 0.343 e. The first-order valence-electron chi connectivity index (χ1n) is 5.41. The van der Waals surface area contributed by atoms with Crippen molar-refractivity contribution in [2.24, 2.45) is 0 Å². The molecule has 2 aromatic rings. The Bertz CT molecular complexity index is 596. The Morgan fingerprint density at radius 3 is 2.42 bits per heavy atom. The molecule has 19 heavy (non-hydrogen) atoms. The van der Waals surface area contributed by atoms with Gasteiger partial charge in [0.25, 0.3) is 0 Å². The summed E-state index contributed by atoms with van der Waals surface area (Å²) >= 11 is 5.53. The van der Waals surface area contributed by atoms with Crippen LogP contribution in [0.15, 0.2) is 46.9 Å². The van der Waals surface area contributed by atoms with Gasteiger partial charge in [-0.05, 0) is 81.0 Å². The molecule has 0 heterocycles. The molecular weight excluding hydrogens is 423 g/mol. The van der Waals surface area contributed by atoms with Crippen LogP contribution in [0, 0.1) is 3.57 Å². The molecule has 0 spiro atoms. The lowest BCUT2D eigenvalue weighted by Crippen LogP contribution is -2.08. The average Bonchev–Trinajstić information content (AvgIpc) is 2.41. The van der Waals surface area contributed by atoms with Gasteiger partial charge in [-0.1, -0.05) is 0 Å². The Balaban J connectivity index is 2.16. The van der Waals surface area contributed by atoms with Crippen LogP contribution in [0.25, 0.3) is 0 Å². The molecule has 0 aliphatic carbocycles. The number of hydrogen-bond donors (Lipinski definition) is 0. The van der Waals surface area contributed by atoms with Crippen LogP contribution >= 0.6 is 38.5 Å². The van der Waals surface area contributed by atoms with Gasteiger partial charge in [0.05, 0.1) is 17.1 Å². The lowest BCUT2D eigenvalue weighted by Gasteiger charge is -2.07. The topological polar surface area (TPSA) is 35.5 Å². The lowest BCUT2D eigenvalue weighted by atomic mass is 10.2. The number of carbonyl (C=O) groups excluding carboxylic acids is 1. The first-order valence-corrected chi connectivity index (χ1v) is 7.28. The van der Waals surface area contributed by atoms with E-state index in [4.69, 9.17) is 9.47 Å². The second-order valence-electron chi connectivity index (χ2n) is 3.69. The Morgan fingerprint density at radius 2 is 1.84 bits per heavy atom. The number of rotatable bonds is 3. The van der Waals surface area contributed by atoms with Crippen LogP contribution < -0.4 is 9.47 Å². The molecule has 0 radical (unpaired) electrons. The van der Waals surface area contributed by atoms with Gasteiger partial charge in [-0.15, -0.1) is 0 Å². The SMILES string of the molecule is COc1ccc(C(=O)Oc2ccc(I)cc2)cc1Br. The highest BCUT2D eigenvalue weighted by atomic mass is 127. The van der Waals surface area contributed by atoms with Gasteiger partial charge in [0, 0.05) is 3.57 Å². The molecule has 0 atom stereocenters. The van der Waals surface area contributed by atoms with Gasteiger partial charge in [0.2, 0.25) is 0 Å². The fourth-order valence-corrected chi connectivity index (χ4v) is 2.36. The maximum atomic E-state index is 12.0. The van der Waals surface area contributed by atoms with E-state index in [1.807, 2.05) is 12.1 Å². The minimum Gasteiger partial charge on any atom is -0.496 e. The molecule has 2 rings (SSSR count). The molecule has 0 N–H and O–H groups in total. The highest BCUT2D eigenvalue weighted by Gasteiger charge is 2.11. The van der Waals surface area contributed by atoms with Gasteiger partial charge in [0.15, 0.2) is 0 Å². The van der Waals surface area contributed by atoms with E-state index in [9.17, 15) is 4.79 Å². The van der Waals surface area contributed by atoms with E-state index in [0.29, 0.717) is 21.5 Å². The number of methoxy groups -OCH3 is 1. The molecule has 0 unspecified atom stereocenters. The number of carbonyl (C=O) groups is 1. The summed E-state index contributed by atoms with van der Waals surface area (Å²) in [6.45, 7) is 0. The van der Waals surface area contributed by atoms with E-state index in [0.717, 1.165) is 3.57 Å². The van der Waals surface area contributed by atoms with Crippen molar-refractivity contribution in [1.82, 2.24) is 0 Å². The Morgan fingerprint density at radius 1 is 1.16 bits per heavy atom. The summed E-state index contributed by atoms with van der Waals surface area (Å²) in [5.74, 6) is 0.799. The third kappa shape index (κ3) is 3.70. The quantitative estimate of drug-likeness (QED) is 0.412. The second kappa shape index (κ2) is 6.38. The highest BCUT2D eigenvalue weighted by molar-refractivity contribution is 14.1. The number of esters is 1. The molecule has 98 valence electrons. The van der Waals surface area contributed by atoms with Crippen LogP contribution in [0.4, 0.5) is 0 Å². The highest BCUT2D eigenvalue weighted by Crippen LogP contribution is 2.26. The van der Waals surface area contributed by atoms with Crippen LogP contribution in [0.3, 0.4) is 0 Å². The summed E-state index contributed by atoms with van der Waals surface area (Å²) < 4.78 is 12.2. The molecule has 0 aromatic heterocycles. The predicted molar refractivity (Wildman–Crippen MR) is 84.8 cm³/mol. The van der Waals surface area contributed by atoms with Crippen molar-refractivity contribution in [3.63, 3.8) is 0 Å². The summed E-state index contributed by atoms with van der Waals surface area (Å²) in [5, 5.41) is 0. The van der Waals surface area contributed by atoms with Crippen LogP contribution in [0.5, 0.6) is 11.5 Å². The van der Waals surface area contributed by atoms with E-state index in [1.165, 1.54) is 0 Å². The summed E-state index contributed by atoms with van der Waals surface area (Å²) in [7, 11) is 1.57. The van der Waals surface area contributed by atoms with Crippen LogP contribution in [0.2, 0.25) is 0 Å². The second-order valence-corrected chi connectivity index (χ2v) is 5.79. The van der Waals surface area contributed by atoms with Crippen molar-refractivity contribution >= 4 is 44.5 Å². The van der Waals surface area contributed by atoms with E-state index in [-0.39, 0.29) is 0 Å². The van der Waals surface area contributed by atoms with Crippen molar-refractivity contribution in [3.8, 4) is 11.5 Å². The third-order valence-electron chi connectivity index (χ3n) is 2.41. The van der Waals surface area contributed by atoms with Crippen LogP contribution in [0.1, 0.15) is 10.4 Å². The zero-order valence-corrected chi connectivity index (χ0v) is 13.8. The molecule has 0 fully saturated rings. The van der Waals surface area contributed by atoms with Crippen LogP contribution in [-0.2, 0) is 0 Å². The number of hydrogen-bond acceptors (Lipinski definition) is 3. The molecule has 0 amide bonds. The van der Waals surface area contributed by atoms with Crippen molar-refractivity contribution in [1.29, 1.82) is 0 Å². The molecule has 0 saturated heterocycles. The third-order valence-corrected chi connectivity index (χ3v) is 3.75. The number of benzene rings is 2. The fourth-order valence-electron chi connectivity index (χ4n) is 1.46. The Hall–Kier alpha value is -1.08. The fraction of sp³-hybridized carbons (Fsp3) is 0.0714. The molecule has 0 saturated carbocycles. The lowest BCUT2D eigenvalue weighted by molar-refractivity contribution is 0.0734. The van der Waals surface area contributed by atoms with Crippen molar-refractivity contribution < 1.29 is 14.3 Å². The number of halogens is 2. The van der Waals surface area contributed by atoms with Crippen molar-refractivity contribution in [2.45, 2.75) is 0 Å². The van der Waals surface area contributed by atoms with E-state index >= 15 is 0 Å². The predicted octanol–water partition coefficient (Wildman–Crippen LogP) is 4.28. The van der Waals surface area contributed by atoms with E-state index < -0.39 is 5.97 Å². The van der Waals surface area contributed by atoms with E-state index in [1.54, 1.807) is 37.4 Å². The molecule has 0 aliphatic rings. The molecule has 5 heteroatoms. The van der Waals surface area contributed by atoms with E-state index in [2.05, 4.69) is 38.5 Å². The average molecular weight is 433 g/mol. The summed E-state index contributed by atoms with van der Waals surface area (Å²) in [6.07, 6.45) is 0. The minimum atomic E-state index is -0.399. The van der Waals surface area contributed by atoms with Crippen molar-refractivity contribution in [2.75, 3.05) is 7.11 Å². The zero-order valence-electron chi connectivity index (χ0n) is 10.0. The van der Waals surface area contributed by atoms with Gasteiger partial charge < -0.3 is 9.47 Å². The normalized spacial score (nSPS) is 10.1. The first kappa shape index (κ1) is 14.3. The maximum Gasteiger partial charge on any atom is 0.343 e. The molecule has 0 aliphatic heterocycles. The molecule has 2 aromatic carbocycles. The molecule has 3 nitrogen and oxygen atoms in total. The van der Waals surface area contributed by atoms with Gasteiger partial charge in [-0.2, -0.15) is 0 Å². The first-order chi connectivity index (χ1) is 9.10. The molecular formula is C14H10BrIO3. The molecule has 0 bridgehead atoms. The summed E-state index contributed by atoms with van der Waals surface area (Å²) in [4.78, 5) is 12.0. The number of ether oxygens (including phenoxy) is 2. The minimum absolute atomic E-state index is 0.399. The Labute approximate surface area is 133 Å². The monoisotopic (exact) mass is 432 g/mol. The van der Waals surface area contributed by atoms with Gasteiger partial charge >= 0.3 is 5.97 Å². The van der Waals surface area contributed by atoms with Crippen molar-refractivity contribution in [3.05, 3.63) is 56.1 Å². The van der Waals surface area contributed by atoms with Gasteiger partial charge in [0.1, 0.15) is 11.5 Å². The maximum absolute atomic E-state index is 12.0. The van der Waals surface area contributed by atoms with Gasteiger partial charge in [-0.25, -0.2) is 4.79 Å². The zero-order chi connectivity index (χ0) is 13.8. The summed E-state index contributed by atoms with van der Waals surface area (Å²) in [5.41, 5.74) is 0.464. The standard InChI is InChI=1S/C14H10BrIO3/c1-18-13-7-2-9(8-12(13)15)14(17)19-11-5-3-10(16)4-6-11/h2-8H,1H3.